The molecular weight excluding hydrogens is 306 g/mol. The first-order chi connectivity index (χ1) is 7.75. The third-order valence-electron chi connectivity index (χ3n) is 2.01. The number of benzene rings is 1. The first-order valence-electron chi connectivity index (χ1n) is 4.73. The number of thioether (sulfide) groups is 1. The monoisotopic (exact) mass is 313 g/mol. The van der Waals surface area contributed by atoms with Gasteiger partial charge in [-0.2, -0.15) is 0 Å². The lowest BCUT2D eigenvalue weighted by molar-refractivity contribution is 1.11. The van der Waals surface area contributed by atoms with Crippen LogP contribution in [0.15, 0.2) is 52.1 Å². The molecule has 0 aliphatic carbocycles. The number of halogens is 2. The zero-order valence-corrected chi connectivity index (χ0v) is 11.5. The molecule has 1 aromatic heterocycles. The highest BCUT2D eigenvalue weighted by molar-refractivity contribution is 9.10. The Morgan fingerprint density at radius 3 is 2.62 bits per heavy atom. The van der Waals surface area contributed by atoms with E-state index < -0.39 is 0 Å². The molecule has 0 fully saturated rings. The molecule has 0 saturated heterocycles. The molecule has 0 spiro atoms. The molecule has 16 heavy (non-hydrogen) atoms. The van der Waals surface area contributed by atoms with E-state index in [4.69, 9.17) is 11.6 Å². The van der Waals surface area contributed by atoms with Crippen molar-refractivity contribution in [3.8, 4) is 0 Å². The fraction of sp³-hybridized carbons (Fsp3) is 0.0833. The average Bonchev–Trinajstić information content (AvgIpc) is 2.30. The van der Waals surface area contributed by atoms with Gasteiger partial charge in [-0.05, 0) is 45.8 Å². The number of hydrogen-bond donors (Lipinski definition) is 0. The van der Waals surface area contributed by atoms with Gasteiger partial charge in [0.05, 0.1) is 0 Å². The molecule has 0 bridgehead atoms. The van der Waals surface area contributed by atoms with Crippen molar-refractivity contribution >= 4 is 39.3 Å². The summed E-state index contributed by atoms with van der Waals surface area (Å²) < 4.78 is 1.04. The van der Waals surface area contributed by atoms with Crippen LogP contribution in [0, 0.1) is 0 Å². The third kappa shape index (κ3) is 3.24. The molecule has 2 aromatic rings. The van der Waals surface area contributed by atoms with Crippen LogP contribution in [-0.2, 0) is 5.75 Å². The number of rotatable bonds is 3. The van der Waals surface area contributed by atoms with E-state index in [1.807, 2.05) is 36.4 Å². The van der Waals surface area contributed by atoms with E-state index in [9.17, 15) is 0 Å². The summed E-state index contributed by atoms with van der Waals surface area (Å²) in [5.41, 5.74) is 1.24. The summed E-state index contributed by atoms with van der Waals surface area (Å²) in [6, 6.07) is 11.8. The summed E-state index contributed by atoms with van der Waals surface area (Å²) in [7, 11) is 0. The molecule has 1 heterocycles. The van der Waals surface area contributed by atoms with E-state index in [2.05, 4.69) is 20.9 Å². The fourth-order valence-electron chi connectivity index (χ4n) is 1.21. The molecule has 0 aliphatic rings. The quantitative estimate of drug-likeness (QED) is 0.756. The normalized spacial score (nSPS) is 10.4. The Morgan fingerprint density at radius 1 is 1.19 bits per heavy atom. The van der Waals surface area contributed by atoms with Gasteiger partial charge in [-0.3, -0.25) is 0 Å². The minimum absolute atomic E-state index is 0.771. The molecule has 2 rings (SSSR count). The first kappa shape index (κ1) is 12.0. The van der Waals surface area contributed by atoms with Gasteiger partial charge in [-0.15, -0.1) is 11.8 Å². The summed E-state index contributed by atoms with van der Waals surface area (Å²) >= 11 is 11.0. The van der Waals surface area contributed by atoms with Crippen molar-refractivity contribution in [3.63, 3.8) is 0 Å². The van der Waals surface area contributed by atoms with Crippen LogP contribution in [0.2, 0.25) is 5.02 Å². The van der Waals surface area contributed by atoms with Crippen LogP contribution in [0.4, 0.5) is 0 Å². The second-order valence-electron chi connectivity index (χ2n) is 3.21. The zero-order chi connectivity index (χ0) is 11.4. The van der Waals surface area contributed by atoms with Crippen LogP contribution < -0.4 is 0 Å². The van der Waals surface area contributed by atoms with E-state index in [-0.39, 0.29) is 0 Å². The summed E-state index contributed by atoms with van der Waals surface area (Å²) in [6.45, 7) is 0. The first-order valence-corrected chi connectivity index (χ1v) is 6.89. The highest BCUT2D eigenvalue weighted by atomic mass is 79.9. The van der Waals surface area contributed by atoms with Crippen LogP contribution in [0.3, 0.4) is 0 Å². The largest absolute Gasteiger partial charge is 0.249 e. The van der Waals surface area contributed by atoms with Crippen molar-refractivity contribution < 1.29 is 0 Å². The van der Waals surface area contributed by atoms with Crippen molar-refractivity contribution in [2.24, 2.45) is 0 Å². The second kappa shape index (κ2) is 5.71. The van der Waals surface area contributed by atoms with Gasteiger partial charge in [0.2, 0.25) is 0 Å². The lowest BCUT2D eigenvalue weighted by Gasteiger charge is -2.03. The molecule has 4 heteroatoms. The summed E-state index contributed by atoms with van der Waals surface area (Å²) in [5.74, 6) is 0.896. The highest BCUT2D eigenvalue weighted by Crippen LogP contribution is 2.27. The molecule has 0 radical (unpaired) electrons. The van der Waals surface area contributed by atoms with Crippen LogP contribution >= 0.6 is 39.3 Å². The third-order valence-corrected chi connectivity index (χ3v) is 4.24. The SMILES string of the molecule is Clc1ccc(CSc2ncccc2Br)cc1. The van der Waals surface area contributed by atoms with E-state index in [1.165, 1.54) is 5.56 Å². The molecule has 0 unspecified atom stereocenters. The minimum atomic E-state index is 0.771. The van der Waals surface area contributed by atoms with E-state index in [0.717, 1.165) is 20.3 Å². The van der Waals surface area contributed by atoms with Gasteiger partial charge in [0.25, 0.3) is 0 Å². The maximum absolute atomic E-state index is 5.83. The fourth-order valence-corrected chi connectivity index (χ4v) is 2.77. The van der Waals surface area contributed by atoms with Gasteiger partial charge < -0.3 is 0 Å². The maximum Gasteiger partial charge on any atom is 0.110 e. The molecule has 0 aliphatic heterocycles. The number of hydrogen-bond acceptors (Lipinski definition) is 2. The summed E-state index contributed by atoms with van der Waals surface area (Å²) in [6.07, 6.45) is 1.80. The molecule has 0 amide bonds. The molecule has 1 nitrogen and oxygen atoms in total. The number of nitrogens with zero attached hydrogens (tertiary/aromatic N) is 1. The van der Waals surface area contributed by atoms with Crippen LogP contribution in [0.5, 0.6) is 0 Å². The Labute approximate surface area is 112 Å². The highest BCUT2D eigenvalue weighted by Gasteiger charge is 2.01. The Bertz CT molecular complexity index is 473. The van der Waals surface area contributed by atoms with Crippen molar-refractivity contribution in [2.45, 2.75) is 10.8 Å². The standard InChI is InChI=1S/C12H9BrClNS/c13-11-2-1-7-15-12(11)16-8-9-3-5-10(14)6-4-9/h1-7H,8H2. The maximum atomic E-state index is 5.83. The Morgan fingerprint density at radius 2 is 1.94 bits per heavy atom. The smallest absolute Gasteiger partial charge is 0.110 e. The van der Waals surface area contributed by atoms with Crippen LogP contribution in [-0.4, -0.2) is 4.98 Å². The molecule has 0 N–H and O–H groups in total. The van der Waals surface area contributed by atoms with Gasteiger partial charge >= 0.3 is 0 Å². The second-order valence-corrected chi connectivity index (χ2v) is 5.46. The Kier molecular flexibility index (Phi) is 4.27. The Hall–Kier alpha value is -0.510. The van der Waals surface area contributed by atoms with E-state index in [0.29, 0.717) is 0 Å². The van der Waals surface area contributed by atoms with Crippen LogP contribution in [0.25, 0.3) is 0 Å². The molecular formula is C12H9BrClNS. The Balaban J connectivity index is 2.02. The lowest BCUT2D eigenvalue weighted by atomic mass is 10.2. The zero-order valence-electron chi connectivity index (χ0n) is 8.36. The van der Waals surface area contributed by atoms with Gasteiger partial charge in [0.15, 0.2) is 0 Å². The predicted molar refractivity (Wildman–Crippen MR) is 73.0 cm³/mol. The van der Waals surface area contributed by atoms with Crippen molar-refractivity contribution in [3.05, 3.63) is 57.7 Å². The van der Waals surface area contributed by atoms with E-state index >= 15 is 0 Å². The topological polar surface area (TPSA) is 12.9 Å². The molecule has 82 valence electrons. The number of aromatic nitrogens is 1. The average molecular weight is 315 g/mol. The van der Waals surface area contributed by atoms with Crippen molar-refractivity contribution in [1.29, 1.82) is 0 Å². The number of pyridine rings is 1. The van der Waals surface area contributed by atoms with E-state index in [1.54, 1.807) is 18.0 Å². The van der Waals surface area contributed by atoms with Gasteiger partial charge in [-0.1, -0.05) is 23.7 Å². The minimum Gasteiger partial charge on any atom is -0.249 e. The van der Waals surface area contributed by atoms with Gasteiger partial charge in [-0.25, -0.2) is 4.98 Å². The summed E-state index contributed by atoms with van der Waals surface area (Å²) in [4.78, 5) is 4.30. The lowest BCUT2D eigenvalue weighted by Crippen LogP contribution is -1.83. The van der Waals surface area contributed by atoms with Gasteiger partial charge in [0, 0.05) is 21.4 Å². The van der Waals surface area contributed by atoms with Gasteiger partial charge in [0.1, 0.15) is 5.03 Å². The van der Waals surface area contributed by atoms with Crippen molar-refractivity contribution in [1.82, 2.24) is 4.98 Å². The van der Waals surface area contributed by atoms with Crippen molar-refractivity contribution in [2.75, 3.05) is 0 Å². The molecule has 0 saturated carbocycles. The van der Waals surface area contributed by atoms with Crippen LogP contribution in [0.1, 0.15) is 5.56 Å². The summed E-state index contributed by atoms with van der Waals surface area (Å²) in [5, 5.41) is 1.78. The molecule has 0 atom stereocenters. The predicted octanol–water partition coefficient (Wildman–Crippen LogP) is 4.79. The molecule has 1 aromatic carbocycles.